The fourth-order valence-electron chi connectivity index (χ4n) is 3.32. The first kappa shape index (κ1) is 17.7. The summed E-state index contributed by atoms with van der Waals surface area (Å²) < 4.78 is 11.0. The number of nitrogens with two attached hydrogens (primary N) is 2. The van der Waals surface area contributed by atoms with Crippen molar-refractivity contribution in [3.8, 4) is 17.5 Å². The molecule has 1 saturated carbocycles. The van der Waals surface area contributed by atoms with Crippen LogP contribution >= 0.6 is 0 Å². The molecule has 9 heteroatoms. The Labute approximate surface area is 159 Å². The molecule has 0 saturated heterocycles. The first-order valence-electron chi connectivity index (χ1n) is 8.48. The molecule has 0 radical (unpaired) electrons. The molecule has 28 heavy (non-hydrogen) atoms. The maximum absolute atomic E-state index is 11.7. The van der Waals surface area contributed by atoms with Gasteiger partial charge >= 0.3 is 0 Å². The number of methoxy groups -OCH3 is 1. The first-order valence-corrected chi connectivity index (χ1v) is 8.48. The van der Waals surface area contributed by atoms with E-state index in [1.165, 1.54) is 13.4 Å². The van der Waals surface area contributed by atoms with Crippen LogP contribution in [0.25, 0.3) is 10.9 Å². The Kier molecular flexibility index (Phi) is 4.07. The zero-order valence-electron chi connectivity index (χ0n) is 15.0. The van der Waals surface area contributed by atoms with Crippen LogP contribution < -0.4 is 20.9 Å². The molecule has 4 rings (SSSR count). The number of carbonyl (C=O) groups excluding carboxylic acids is 2. The minimum absolute atomic E-state index is 0.313. The van der Waals surface area contributed by atoms with E-state index in [0.29, 0.717) is 34.8 Å². The molecule has 0 bridgehead atoms. The number of aromatic nitrogens is 3. The van der Waals surface area contributed by atoms with Crippen molar-refractivity contribution in [2.45, 2.75) is 12.3 Å². The van der Waals surface area contributed by atoms with Crippen molar-refractivity contribution in [3.63, 3.8) is 0 Å². The third-order valence-corrected chi connectivity index (χ3v) is 5.01. The Bertz CT molecular complexity index is 1070. The summed E-state index contributed by atoms with van der Waals surface area (Å²) in [7, 11) is 1.52. The van der Waals surface area contributed by atoms with Gasteiger partial charge in [0.25, 0.3) is 0 Å². The lowest BCUT2D eigenvalue weighted by Crippen LogP contribution is -2.38. The Morgan fingerprint density at radius 1 is 1.11 bits per heavy atom. The van der Waals surface area contributed by atoms with Crippen molar-refractivity contribution in [2.75, 3.05) is 7.11 Å². The summed E-state index contributed by atoms with van der Waals surface area (Å²) in [5.74, 6) is -0.393. The molecule has 2 heterocycles. The Balaban J connectivity index is 1.59. The van der Waals surface area contributed by atoms with Crippen LogP contribution in [0.4, 0.5) is 0 Å². The second-order valence-corrected chi connectivity index (χ2v) is 6.55. The van der Waals surface area contributed by atoms with Gasteiger partial charge in [0.05, 0.1) is 24.2 Å². The van der Waals surface area contributed by atoms with E-state index in [0.717, 1.165) is 5.56 Å². The number of fused-ring (bicyclic) bond motifs is 1. The molecular weight excluding hydrogens is 362 g/mol. The third kappa shape index (κ3) is 2.77. The van der Waals surface area contributed by atoms with Gasteiger partial charge in [-0.25, -0.2) is 15.0 Å². The molecule has 4 N–H and O–H groups in total. The van der Waals surface area contributed by atoms with E-state index in [-0.39, 0.29) is 5.92 Å². The summed E-state index contributed by atoms with van der Waals surface area (Å²) in [4.78, 5) is 35.8. The minimum Gasteiger partial charge on any atom is -0.481 e. The van der Waals surface area contributed by atoms with Gasteiger partial charge in [-0.2, -0.15) is 0 Å². The van der Waals surface area contributed by atoms with Gasteiger partial charge in [-0.05, 0) is 24.1 Å². The molecule has 0 spiro atoms. The summed E-state index contributed by atoms with van der Waals surface area (Å²) in [5.41, 5.74) is 10.9. The zero-order chi connectivity index (χ0) is 19.9. The highest BCUT2D eigenvalue weighted by Gasteiger charge is 2.64. The molecule has 0 aliphatic heterocycles. The van der Waals surface area contributed by atoms with Crippen molar-refractivity contribution < 1.29 is 19.1 Å². The van der Waals surface area contributed by atoms with Gasteiger partial charge in [0.15, 0.2) is 0 Å². The quantitative estimate of drug-likeness (QED) is 0.614. The standard InChI is InChI=1S/C19H17N5O4/c1-27-15-6-12-14(8-22-15)23-9-24-16(12)28-11-4-2-10(3-5-11)13-7-19(13,17(20)25)18(21)26/h2-6,8-9,13H,7H2,1H3,(H2,20,25)(H2,21,26). The summed E-state index contributed by atoms with van der Waals surface area (Å²) >= 11 is 0. The van der Waals surface area contributed by atoms with Crippen molar-refractivity contribution in [1.82, 2.24) is 15.0 Å². The molecule has 3 aromatic rings. The van der Waals surface area contributed by atoms with Gasteiger partial charge in [0.1, 0.15) is 17.5 Å². The molecule has 1 atom stereocenters. The Morgan fingerprint density at radius 2 is 1.82 bits per heavy atom. The molecule has 1 unspecified atom stereocenters. The molecule has 1 aliphatic rings. The van der Waals surface area contributed by atoms with Crippen LogP contribution in [0.1, 0.15) is 17.9 Å². The highest BCUT2D eigenvalue weighted by atomic mass is 16.5. The lowest BCUT2D eigenvalue weighted by Gasteiger charge is -2.10. The molecule has 142 valence electrons. The van der Waals surface area contributed by atoms with Crippen molar-refractivity contribution in [1.29, 1.82) is 0 Å². The maximum atomic E-state index is 11.7. The lowest BCUT2D eigenvalue weighted by atomic mass is 9.97. The van der Waals surface area contributed by atoms with E-state index < -0.39 is 17.2 Å². The van der Waals surface area contributed by atoms with E-state index in [1.807, 2.05) is 0 Å². The number of rotatable bonds is 6. The third-order valence-electron chi connectivity index (χ3n) is 5.01. The molecule has 1 fully saturated rings. The fourth-order valence-corrected chi connectivity index (χ4v) is 3.32. The second kappa shape index (κ2) is 6.45. The van der Waals surface area contributed by atoms with Gasteiger partial charge in [0.2, 0.25) is 23.6 Å². The number of hydrogen-bond acceptors (Lipinski definition) is 7. The summed E-state index contributed by atoms with van der Waals surface area (Å²) in [6, 6.07) is 8.70. The smallest absolute Gasteiger partial charge is 0.233 e. The van der Waals surface area contributed by atoms with Gasteiger partial charge in [-0.15, -0.1) is 0 Å². The zero-order valence-corrected chi connectivity index (χ0v) is 15.0. The van der Waals surface area contributed by atoms with Crippen LogP contribution in [0.2, 0.25) is 0 Å². The number of benzene rings is 1. The molecule has 1 aliphatic carbocycles. The molecule has 2 aromatic heterocycles. The number of amides is 2. The van der Waals surface area contributed by atoms with Crippen LogP contribution in [-0.2, 0) is 9.59 Å². The van der Waals surface area contributed by atoms with Crippen LogP contribution in [0.15, 0.2) is 42.9 Å². The van der Waals surface area contributed by atoms with E-state index in [1.54, 1.807) is 36.5 Å². The van der Waals surface area contributed by atoms with E-state index in [4.69, 9.17) is 20.9 Å². The maximum Gasteiger partial charge on any atom is 0.233 e. The lowest BCUT2D eigenvalue weighted by molar-refractivity contribution is -0.133. The second-order valence-electron chi connectivity index (χ2n) is 6.55. The molecule has 9 nitrogen and oxygen atoms in total. The van der Waals surface area contributed by atoms with Gasteiger partial charge in [0, 0.05) is 12.0 Å². The van der Waals surface area contributed by atoms with E-state index in [2.05, 4.69) is 15.0 Å². The average molecular weight is 379 g/mol. The summed E-state index contributed by atoms with van der Waals surface area (Å²) in [6.45, 7) is 0. The van der Waals surface area contributed by atoms with E-state index >= 15 is 0 Å². The van der Waals surface area contributed by atoms with Crippen LogP contribution in [0.5, 0.6) is 17.5 Å². The number of carbonyl (C=O) groups is 2. The van der Waals surface area contributed by atoms with Crippen LogP contribution in [0.3, 0.4) is 0 Å². The monoisotopic (exact) mass is 379 g/mol. The molecule has 2 amide bonds. The fraction of sp³-hybridized carbons (Fsp3) is 0.211. The topological polar surface area (TPSA) is 143 Å². The van der Waals surface area contributed by atoms with Crippen molar-refractivity contribution >= 4 is 22.7 Å². The van der Waals surface area contributed by atoms with Crippen molar-refractivity contribution in [2.24, 2.45) is 16.9 Å². The highest BCUT2D eigenvalue weighted by molar-refractivity contribution is 6.08. The normalized spacial score (nSPS) is 17.1. The van der Waals surface area contributed by atoms with Gasteiger partial charge in [-0.3, -0.25) is 9.59 Å². The number of primary amides is 2. The highest BCUT2D eigenvalue weighted by Crippen LogP contribution is 2.59. The van der Waals surface area contributed by atoms with Gasteiger partial charge in [-0.1, -0.05) is 12.1 Å². The number of nitrogens with zero attached hydrogens (tertiary/aromatic N) is 3. The SMILES string of the molecule is COc1cc2c(Oc3ccc(C4CC4(C(N)=O)C(N)=O)cc3)ncnc2cn1. The van der Waals surface area contributed by atoms with E-state index in [9.17, 15) is 9.59 Å². The summed E-state index contributed by atoms with van der Waals surface area (Å²) in [6.07, 6.45) is 3.28. The summed E-state index contributed by atoms with van der Waals surface area (Å²) in [5, 5.41) is 0.655. The molecule has 1 aromatic carbocycles. The van der Waals surface area contributed by atoms with Crippen LogP contribution in [-0.4, -0.2) is 33.9 Å². The minimum atomic E-state index is -1.30. The predicted octanol–water partition coefficient (Wildman–Crippen LogP) is 1.27. The Hall–Kier alpha value is -3.75. The predicted molar refractivity (Wildman–Crippen MR) is 98.6 cm³/mol. The Morgan fingerprint density at radius 3 is 2.43 bits per heavy atom. The average Bonchev–Trinajstić information content (AvgIpc) is 3.46. The number of ether oxygens (including phenoxy) is 2. The molecular formula is C19H17N5O4. The number of hydrogen-bond donors (Lipinski definition) is 2. The number of pyridine rings is 1. The van der Waals surface area contributed by atoms with Crippen LogP contribution in [0, 0.1) is 5.41 Å². The first-order chi connectivity index (χ1) is 13.5. The van der Waals surface area contributed by atoms with Gasteiger partial charge < -0.3 is 20.9 Å². The largest absolute Gasteiger partial charge is 0.481 e. The van der Waals surface area contributed by atoms with Crippen molar-refractivity contribution in [3.05, 3.63) is 48.4 Å².